The van der Waals surface area contributed by atoms with Crippen LogP contribution in [0.5, 0.6) is 0 Å². The van der Waals surface area contributed by atoms with Gasteiger partial charge in [-0.1, -0.05) is 62.7 Å². The van der Waals surface area contributed by atoms with Gasteiger partial charge in [-0.2, -0.15) is 0 Å². The Kier molecular flexibility index (Phi) is 10.0. The quantitative estimate of drug-likeness (QED) is 0.534. The second-order valence-corrected chi connectivity index (χ2v) is 9.18. The van der Waals surface area contributed by atoms with Gasteiger partial charge in [0, 0.05) is 18.8 Å². The molecule has 0 fully saturated rings. The number of benzene rings is 2. The van der Waals surface area contributed by atoms with Crippen molar-refractivity contribution in [2.75, 3.05) is 12.3 Å². The van der Waals surface area contributed by atoms with Crippen LogP contribution in [0.4, 0.5) is 4.39 Å². The fourth-order valence-corrected chi connectivity index (χ4v) is 4.02. The van der Waals surface area contributed by atoms with Crippen LogP contribution in [0.25, 0.3) is 0 Å². The van der Waals surface area contributed by atoms with Crippen LogP contribution >= 0.6 is 11.8 Å². The predicted molar refractivity (Wildman–Crippen MR) is 126 cm³/mol. The van der Waals surface area contributed by atoms with Gasteiger partial charge in [-0.05, 0) is 42.5 Å². The second kappa shape index (κ2) is 12.5. The summed E-state index contributed by atoms with van der Waals surface area (Å²) in [6.07, 6.45) is 0.546. The molecule has 0 aliphatic rings. The smallest absolute Gasteiger partial charge is 0.242 e. The van der Waals surface area contributed by atoms with E-state index in [0.717, 1.165) is 16.7 Å². The number of rotatable bonds is 11. The van der Waals surface area contributed by atoms with Crippen LogP contribution in [0.3, 0.4) is 0 Å². The third-order valence-electron chi connectivity index (χ3n) is 4.95. The van der Waals surface area contributed by atoms with Gasteiger partial charge in [0.1, 0.15) is 11.9 Å². The molecule has 2 aromatic carbocycles. The molecule has 31 heavy (non-hydrogen) atoms. The van der Waals surface area contributed by atoms with Gasteiger partial charge < -0.3 is 10.2 Å². The molecule has 0 spiro atoms. The van der Waals surface area contributed by atoms with E-state index in [1.54, 1.807) is 17.0 Å². The summed E-state index contributed by atoms with van der Waals surface area (Å²) in [6.45, 7) is 9.02. The molecule has 1 N–H and O–H groups in total. The average Bonchev–Trinajstić information content (AvgIpc) is 2.74. The third kappa shape index (κ3) is 8.37. The standard InChI is InChI=1S/C25H33FN2O2S/c1-5-23(25(30)27-14-18(2)3)28(15-20-8-6-19(4)7-9-20)24(29)17-31-16-21-10-12-22(26)13-11-21/h6-13,18,23H,5,14-17H2,1-4H3,(H,27,30)/t23-/m0/s1. The molecule has 2 aromatic rings. The van der Waals surface area contributed by atoms with Crippen molar-refractivity contribution in [3.63, 3.8) is 0 Å². The van der Waals surface area contributed by atoms with Crippen molar-refractivity contribution in [1.29, 1.82) is 0 Å². The first kappa shape index (κ1) is 24.9. The van der Waals surface area contributed by atoms with E-state index in [1.165, 1.54) is 23.9 Å². The molecule has 4 nitrogen and oxygen atoms in total. The molecule has 0 aliphatic carbocycles. The lowest BCUT2D eigenvalue weighted by Gasteiger charge is -2.31. The minimum atomic E-state index is -0.515. The Hall–Kier alpha value is -2.34. The second-order valence-electron chi connectivity index (χ2n) is 8.19. The highest BCUT2D eigenvalue weighted by Crippen LogP contribution is 2.18. The fraction of sp³-hybridized carbons (Fsp3) is 0.440. The minimum absolute atomic E-state index is 0.0702. The van der Waals surface area contributed by atoms with Crippen molar-refractivity contribution in [1.82, 2.24) is 10.2 Å². The average molecular weight is 445 g/mol. The Labute approximate surface area is 189 Å². The topological polar surface area (TPSA) is 49.4 Å². The number of amides is 2. The van der Waals surface area contributed by atoms with Crippen molar-refractivity contribution in [3.8, 4) is 0 Å². The highest BCUT2D eigenvalue weighted by Gasteiger charge is 2.28. The van der Waals surface area contributed by atoms with E-state index >= 15 is 0 Å². The van der Waals surface area contributed by atoms with Gasteiger partial charge in [0.15, 0.2) is 0 Å². The van der Waals surface area contributed by atoms with E-state index in [0.29, 0.717) is 31.2 Å². The summed E-state index contributed by atoms with van der Waals surface area (Å²) >= 11 is 1.47. The van der Waals surface area contributed by atoms with Crippen LogP contribution < -0.4 is 5.32 Å². The zero-order valence-corrected chi connectivity index (χ0v) is 19.7. The molecule has 0 aromatic heterocycles. The van der Waals surface area contributed by atoms with E-state index < -0.39 is 6.04 Å². The highest BCUT2D eigenvalue weighted by atomic mass is 32.2. The van der Waals surface area contributed by atoms with E-state index in [-0.39, 0.29) is 23.4 Å². The SMILES string of the molecule is CC[C@@H](C(=O)NCC(C)C)N(Cc1ccc(C)cc1)C(=O)CSCc1ccc(F)cc1. The summed E-state index contributed by atoms with van der Waals surface area (Å²) < 4.78 is 13.1. The van der Waals surface area contributed by atoms with Crippen LogP contribution in [0, 0.1) is 18.7 Å². The lowest BCUT2D eigenvalue weighted by atomic mass is 10.1. The van der Waals surface area contributed by atoms with Crippen molar-refractivity contribution in [2.45, 2.75) is 52.5 Å². The van der Waals surface area contributed by atoms with E-state index in [4.69, 9.17) is 0 Å². The third-order valence-corrected chi connectivity index (χ3v) is 5.94. The Balaban J connectivity index is 2.10. The van der Waals surface area contributed by atoms with Gasteiger partial charge in [-0.15, -0.1) is 11.8 Å². The maximum atomic E-state index is 13.2. The molecule has 6 heteroatoms. The molecule has 0 bridgehead atoms. The number of hydrogen-bond donors (Lipinski definition) is 1. The predicted octanol–water partition coefficient (Wildman–Crippen LogP) is 4.95. The van der Waals surface area contributed by atoms with Gasteiger partial charge in [-0.3, -0.25) is 9.59 Å². The number of aryl methyl sites for hydroxylation is 1. The normalized spacial score (nSPS) is 11.9. The highest BCUT2D eigenvalue weighted by molar-refractivity contribution is 7.99. The van der Waals surface area contributed by atoms with Crippen LogP contribution in [0.1, 0.15) is 43.9 Å². The maximum Gasteiger partial charge on any atom is 0.242 e. The molecule has 1 atom stereocenters. The zero-order valence-electron chi connectivity index (χ0n) is 18.9. The van der Waals surface area contributed by atoms with Crippen molar-refractivity contribution in [2.24, 2.45) is 5.92 Å². The molecule has 2 rings (SSSR count). The van der Waals surface area contributed by atoms with Crippen LogP contribution in [-0.4, -0.2) is 35.1 Å². The van der Waals surface area contributed by atoms with Crippen molar-refractivity contribution >= 4 is 23.6 Å². The first-order chi connectivity index (χ1) is 14.8. The molecule has 2 amide bonds. The summed E-state index contributed by atoms with van der Waals surface area (Å²) in [5, 5.41) is 2.98. The summed E-state index contributed by atoms with van der Waals surface area (Å²) in [6, 6.07) is 13.8. The zero-order chi connectivity index (χ0) is 22.8. The van der Waals surface area contributed by atoms with Gasteiger partial charge in [-0.25, -0.2) is 4.39 Å². The summed E-state index contributed by atoms with van der Waals surface area (Å²) in [7, 11) is 0. The fourth-order valence-electron chi connectivity index (χ4n) is 3.15. The molecule has 0 saturated carbocycles. The number of halogens is 1. The molecule has 168 valence electrons. The van der Waals surface area contributed by atoms with Gasteiger partial charge in [0.25, 0.3) is 0 Å². The maximum absolute atomic E-state index is 13.2. The lowest BCUT2D eigenvalue weighted by molar-refractivity contribution is -0.139. The number of nitrogens with zero attached hydrogens (tertiary/aromatic N) is 1. The molecular formula is C25H33FN2O2S. The van der Waals surface area contributed by atoms with Gasteiger partial charge >= 0.3 is 0 Å². The van der Waals surface area contributed by atoms with Gasteiger partial charge in [0.05, 0.1) is 5.75 Å². The first-order valence-electron chi connectivity index (χ1n) is 10.7. The van der Waals surface area contributed by atoms with Gasteiger partial charge in [0.2, 0.25) is 11.8 Å². The molecule has 0 unspecified atom stereocenters. The number of thioether (sulfide) groups is 1. The van der Waals surface area contributed by atoms with Crippen molar-refractivity contribution in [3.05, 3.63) is 71.0 Å². The van der Waals surface area contributed by atoms with E-state index in [1.807, 2.05) is 52.0 Å². The number of hydrogen-bond acceptors (Lipinski definition) is 3. The monoisotopic (exact) mass is 444 g/mol. The summed E-state index contributed by atoms with van der Waals surface area (Å²) in [5.74, 6) is 0.762. The molecule has 0 aliphatic heterocycles. The molecular weight excluding hydrogens is 411 g/mol. The Morgan fingerprint density at radius 2 is 1.65 bits per heavy atom. The number of carbonyl (C=O) groups excluding carboxylic acids is 2. The van der Waals surface area contributed by atoms with Crippen molar-refractivity contribution < 1.29 is 14.0 Å². The number of nitrogens with one attached hydrogen (secondary N) is 1. The number of carbonyl (C=O) groups is 2. The molecule has 0 radical (unpaired) electrons. The summed E-state index contributed by atoms with van der Waals surface area (Å²) in [4.78, 5) is 27.7. The Morgan fingerprint density at radius 3 is 2.23 bits per heavy atom. The Bertz CT molecular complexity index is 838. The lowest BCUT2D eigenvalue weighted by Crippen LogP contribution is -2.50. The summed E-state index contributed by atoms with van der Waals surface area (Å²) in [5.41, 5.74) is 3.11. The van der Waals surface area contributed by atoms with E-state index in [2.05, 4.69) is 5.32 Å². The van der Waals surface area contributed by atoms with E-state index in [9.17, 15) is 14.0 Å². The van der Waals surface area contributed by atoms with Crippen LogP contribution in [-0.2, 0) is 21.9 Å². The minimum Gasteiger partial charge on any atom is -0.354 e. The first-order valence-corrected chi connectivity index (χ1v) is 11.9. The van der Waals surface area contributed by atoms with Crippen LogP contribution in [0.2, 0.25) is 0 Å². The molecule has 0 saturated heterocycles. The largest absolute Gasteiger partial charge is 0.354 e. The Morgan fingerprint density at radius 1 is 1.03 bits per heavy atom. The molecule has 0 heterocycles. The van der Waals surface area contributed by atoms with Crippen LogP contribution in [0.15, 0.2) is 48.5 Å².